The second-order valence-electron chi connectivity index (χ2n) is 7.23. The summed E-state index contributed by atoms with van der Waals surface area (Å²) in [4.78, 5) is 20.6. The summed E-state index contributed by atoms with van der Waals surface area (Å²) in [7, 11) is 3.21. The second kappa shape index (κ2) is 9.82. The molecule has 0 spiro atoms. The lowest BCUT2D eigenvalue weighted by Crippen LogP contribution is -2.07. The van der Waals surface area contributed by atoms with Crippen molar-refractivity contribution in [3.05, 3.63) is 79.5 Å². The number of methoxy groups -OCH3 is 1. The smallest absolute Gasteiger partial charge is 0.247 e. The standard InChI is InChI=1S/C24H22FN7O2/c1-4-22(33)28-16-6-5-7-17(11-16)29-23-19(15-8-9-21(34-3)20(25)10-15)13-26-24(31-23)30-18-12-27-32(2)14-18/h4-14H,1H2,2-3H3,(H,28,33)(H2,26,29,30,31). The highest BCUT2D eigenvalue weighted by molar-refractivity contribution is 5.99. The Labute approximate surface area is 195 Å². The number of rotatable bonds is 8. The SMILES string of the molecule is C=CC(=O)Nc1cccc(Nc2nc(Nc3cnn(C)c3)ncc2-c2ccc(OC)c(F)c2)c1. The maximum absolute atomic E-state index is 14.4. The molecule has 0 saturated heterocycles. The summed E-state index contributed by atoms with van der Waals surface area (Å²) >= 11 is 0. The first-order valence-corrected chi connectivity index (χ1v) is 10.2. The van der Waals surface area contributed by atoms with Gasteiger partial charge in [-0.3, -0.25) is 9.48 Å². The van der Waals surface area contributed by atoms with Gasteiger partial charge >= 0.3 is 0 Å². The first-order chi connectivity index (χ1) is 16.4. The molecule has 10 heteroatoms. The minimum atomic E-state index is -0.502. The van der Waals surface area contributed by atoms with Crippen molar-refractivity contribution in [1.29, 1.82) is 0 Å². The van der Waals surface area contributed by atoms with Crippen molar-refractivity contribution in [2.45, 2.75) is 0 Å². The Kier molecular flexibility index (Phi) is 6.49. The molecular weight excluding hydrogens is 437 g/mol. The first kappa shape index (κ1) is 22.5. The molecule has 1 amide bonds. The van der Waals surface area contributed by atoms with Gasteiger partial charge in [0.05, 0.1) is 19.0 Å². The van der Waals surface area contributed by atoms with Crippen LogP contribution in [0.3, 0.4) is 0 Å². The molecule has 9 nitrogen and oxygen atoms in total. The average molecular weight is 459 g/mol. The lowest BCUT2D eigenvalue weighted by molar-refractivity contribution is -0.111. The van der Waals surface area contributed by atoms with Crippen molar-refractivity contribution in [2.24, 2.45) is 7.05 Å². The van der Waals surface area contributed by atoms with Gasteiger partial charge in [0.25, 0.3) is 0 Å². The molecule has 0 aliphatic rings. The van der Waals surface area contributed by atoms with Gasteiger partial charge < -0.3 is 20.7 Å². The van der Waals surface area contributed by atoms with Crippen LogP contribution in [0.15, 0.2) is 73.7 Å². The number of aryl methyl sites for hydroxylation is 1. The summed E-state index contributed by atoms with van der Waals surface area (Å²) in [6, 6.07) is 11.7. The van der Waals surface area contributed by atoms with Crippen molar-refractivity contribution < 1.29 is 13.9 Å². The maximum atomic E-state index is 14.4. The van der Waals surface area contributed by atoms with Crippen LogP contribution in [-0.4, -0.2) is 32.8 Å². The Morgan fingerprint density at radius 1 is 1.12 bits per heavy atom. The summed E-state index contributed by atoms with van der Waals surface area (Å²) in [6.45, 7) is 3.46. The van der Waals surface area contributed by atoms with Crippen molar-refractivity contribution in [2.75, 3.05) is 23.1 Å². The minimum Gasteiger partial charge on any atom is -0.494 e. The largest absolute Gasteiger partial charge is 0.494 e. The number of aromatic nitrogens is 4. The zero-order chi connectivity index (χ0) is 24.1. The number of hydrogen-bond acceptors (Lipinski definition) is 7. The van der Waals surface area contributed by atoms with Gasteiger partial charge in [-0.25, -0.2) is 9.37 Å². The molecule has 0 unspecified atom stereocenters. The molecule has 4 aromatic rings. The van der Waals surface area contributed by atoms with Crippen molar-refractivity contribution >= 4 is 34.7 Å². The van der Waals surface area contributed by atoms with Gasteiger partial charge in [0, 0.05) is 36.4 Å². The predicted molar refractivity (Wildman–Crippen MR) is 129 cm³/mol. The molecule has 34 heavy (non-hydrogen) atoms. The second-order valence-corrected chi connectivity index (χ2v) is 7.23. The summed E-state index contributed by atoms with van der Waals surface area (Å²) in [6.07, 6.45) is 6.22. The fraction of sp³-hybridized carbons (Fsp3) is 0.0833. The Morgan fingerprint density at radius 3 is 2.65 bits per heavy atom. The Hall–Kier alpha value is -4.73. The first-order valence-electron chi connectivity index (χ1n) is 10.2. The van der Waals surface area contributed by atoms with E-state index in [9.17, 15) is 9.18 Å². The van der Waals surface area contributed by atoms with Gasteiger partial charge in [0.15, 0.2) is 11.6 Å². The molecule has 4 rings (SSSR count). The zero-order valence-electron chi connectivity index (χ0n) is 18.5. The Bertz CT molecular complexity index is 1350. The number of benzene rings is 2. The van der Waals surface area contributed by atoms with Gasteiger partial charge in [-0.15, -0.1) is 0 Å². The molecule has 0 saturated carbocycles. The molecule has 2 aromatic heterocycles. The third-order valence-electron chi connectivity index (χ3n) is 4.79. The number of halogens is 1. The van der Waals surface area contributed by atoms with Gasteiger partial charge in [0.2, 0.25) is 11.9 Å². The van der Waals surface area contributed by atoms with Crippen LogP contribution in [0.4, 0.5) is 33.2 Å². The fourth-order valence-electron chi connectivity index (χ4n) is 3.20. The number of ether oxygens (including phenoxy) is 1. The zero-order valence-corrected chi connectivity index (χ0v) is 18.5. The molecule has 0 atom stereocenters. The average Bonchev–Trinajstić information content (AvgIpc) is 3.23. The van der Waals surface area contributed by atoms with E-state index in [4.69, 9.17) is 4.74 Å². The molecule has 0 aliphatic heterocycles. The molecule has 2 heterocycles. The van der Waals surface area contributed by atoms with Crippen LogP contribution in [0.1, 0.15) is 0 Å². The van der Waals surface area contributed by atoms with Gasteiger partial charge in [-0.2, -0.15) is 10.1 Å². The fourth-order valence-corrected chi connectivity index (χ4v) is 3.20. The highest BCUT2D eigenvalue weighted by Crippen LogP contribution is 2.32. The van der Waals surface area contributed by atoms with E-state index in [1.165, 1.54) is 19.3 Å². The summed E-state index contributed by atoms with van der Waals surface area (Å²) < 4.78 is 21.1. The number of amides is 1. The number of carbonyl (C=O) groups excluding carboxylic acids is 1. The van der Waals surface area contributed by atoms with E-state index in [1.807, 2.05) is 6.07 Å². The quantitative estimate of drug-likeness (QED) is 0.330. The van der Waals surface area contributed by atoms with E-state index < -0.39 is 5.82 Å². The van der Waals surface area contributed by atoms with Gasteiger partial charge in [-0.05, 0) is 42.0 Å². The number of hydrogen-bond donors (Lipinski definition) is 3. The van der Waals surface area contributed by atoms with E-state index in [1.54, 1.807) is 60.7 Å². The molecular formula is C24H22FN7O2. The Morgan fingerprint density at radius 2 is 1.94 bits per heavy atom. The van der Waals surface area contributed by atoms with E-state index in [0.717, 1.165) is 0 Å². The highest BCUT2D eigenvalue weighted by Gasteiger charge is 2.14. The van der Waals surface area contributed by atoms with Crippen LogP contribution in [0, 0.1) is 5.82 Å². The molecule has 0 radical (unpaired) electrons. The molecule has 0 aliphatic carbocycles. The topological polar surface area (TPSA) is 106 Å². The number of nitrogens with zero attached hydrogens (tertiary/aromatic N) is 4. The molecule has 2 aromatic carbocycles. The van der Waals surface area contributed by atoms with Crippen LogP contribution in [-0.2, 0) is 11.8 Å². The van der Waals surface area contributed by atoms with Crippen LogP contribution in [0.2, 0.25) is 0 Å². The molecule has 3 N–H and O–H groups in total. The number of anilines is 5. The summed E-state index contributed by atoms with van der Waals surface area (Å²) in [5.74, 6) is 0.0661. The lowest BCUT2D eigenvalue weighted by Gasteiger charge is -2.14. The number of nitrogens with one attached hydrogen (secondary N) is 3. The van der Waals surface area contributed by atoms with Crippen LogP contribution >= 0.6 is 0 Å². The minimum absolute atomic E-state index is 0.139. The van der Waals surface area contributed by atoms with Crippen molar-refractivity contribution in [1.82, 2.24) is 19.7 Å². The van der Waals surface area contributed by atoms with Crippen LogP contribution in [0.25, 0.3) is 11.1 Å². The number of carbonyl (C=O) groups is 1. The van der Waals surface area contributed by atoms with E-state index in [0.29, 0.717) is 40.0 Å². The van der Waals surface area contributed by atoms with E-state index >= 15 is 0 Å². The molecule has 172 valence electrons. The van der Waals surface area contributed by atoms with Gasteiger partial charge in [-0.1, -0.05) is 18.7 Å². The molecule has 0 fully saturated rings. The third-order valence-corrected chi connectivity index (χ3v) is 4.79. The summed E-state index contributed by atoms with van der Waals surface area (Å²) in [5.41, 5.74) is 3.08. The lowest BCUT2D eigenvalue weighted by atomic mass is 10.1. The van der Waals surface area contributed by atoms with Crippen LogP contribution in [0.5, 0.6) is 5.75 Å². The van der Waals surface area contributed by atoms with Gasteiger partial charge in [0.1, 0.15) is 5.82 Å². The monoisotopic (exact) mass is 459 g/mol. The third kappa shape index (κ3) is 5.18. The Balaban J connectivity index is 1.72. The van der Waals surface area contributed by atoms with Crippen molar-refractivity contribution in [3.63, 3.8) is 0 Å². The highest BCUT2D eigenvalue weighted by atomic mass is 19.1. The van der Waals surface area contributed by atoms with Crippen molar-refractivity contribution in [3.8, 4) is 16.9 Å². The maximum Gasteiger partial charge on any atom is 0.247 e. The normalized spacial score (nSPS) is 10.4. The van der Waals surface area contributed by atoms with E-state index in [2.05, 4.69) is 37.6 Å². The van der Waals surface area contributed by atoms with E-state index in [-0.39, 0.29) is 11.7 Å². The summed E-state index contributed by atoms with van der Waals surface area (Å²) in [5, 5.41) is 13.2. The molecule has 0 bridgehead atoms. The van der Waals surface area contributed by atoms with Crippen LogP contribution < -0.4 is 20.7 Å². The predicted octanol–water partition coefficient (Wildman–Crippen LogP) is 4.64.